The van der Waals surface area contributed by atoms with E-state index in [1.54, 1.807) is 0 Å². The molecule has 1 aromatic carbocycles. The molecule has 0 heterocycles. The monoisotopic (exact) mass is 226 g/mol. The molecule has 0 bridgehead atoms. The van der Waals surface area contributed by atoms with E-state index in [0.717, 1.165) is 12.1 Å². The maximum absolute atomic E-state index is 13.0. The first kappa shape index (κ1) is 10.7. The Morgan fingerprint density at radius 2 is 1.69 bits per heavy atom. The lowest BCUT2D eigenvalue weighted by Gasteiger charge is -2.36. The number of aliphatic carboxylic acids is 1. The molecule has 0 amide bonds. The minimum atomic E-state index is -1.44. The van der Waals surface area contributed by atoms with Crippen molar-refractivity contribution in [2.24, 2.45) is 0 Å². The van der Waals surface area contributed by atoms with E-state index in [0.29, 0.717) is 6.07 Å². The lowest BCUT2D eigenvalue weighted by molar-refractivity contribution is -0.153. The van der Waals surface area contributed by atoms with Crippen molar-refractivity contribution < 1.29 is 23.5 Å². The summed E-state index contributed by atoms with van der Waals surface area (Å²) in [6.45, 7) is 0. The van der Waals surface area contributed by atoms with Gasteiger partial charge in [-0.15, -0.1) is 0 Å². The van der Waals surface area contributed by atoms with Crippen LogP contribution in [0.4, 0.5) is 8.78 Å². The maximum atomic E-state index is 13.0. The molecule has 0 aromatic heterocycles. The van der Waals surface area contributed by atoms with Gasteiger partial charge in [-0.3, -0.25) is 9.59 Å². The van der Waals surface area contributed by atoms with E-state index >= 15 is 0 Å². The maximum Gasteiger partial charge on any atom is 0.315 e. The first-order valence-corrected chi connectivity index (χ1v) is 4.66. The standard InChI is InChI=1S/C11H8F2O3/c12-7-1-6(2-8(13)3-7)11(10(15)16)4-9(14)5-11/h1-3H,4-5H2,(H,15,16). The van der Waals surface area contributed by atoms with Crippen LogP contribution >= 0.6 is 0 Å². The summed E-state index contributed by atoms with van der Waals surface area (Å²) in [7, 11) is 0. The van der Waals surface area contributed by atoms with Crippen molar-refractivity contribution in [2.75, 3.05) is 0 Å². The molecule has 0 aliphatic heterocycles. The number of hydrogen-bond acceptors (Lipinski definition) is 2. The van der Waals surface area contributed by atoms with Crippen LogP contribution < -0.4 is 0 Å². The third-order valence-corrected chi connectivity index (χ3v) is 2.82. The van der Waals surface area contributed by atoms with Crippen molar-refractivity contribution in [1.82, 2.24) is 0 Å². The van der Waals surface area contributed by atoms with Crippen LogP contribution in [-0.2, 0) is 15.0 Å². The molecule has 1 saturated carbocycles. The largest absolute Gasteiger partial charge is 0.481 e. The van der Waals surface area contributed by atoms with Crippen LogP contribution in [0.5, 0.6) is 0 Å². The van der Waals surface area contributed by atoms with E-state index in [9.17, 15) is 18.4 Å². The predicted molar refractivity (Wildman–Crippen MR) is 49.9 cm³/mol. The molecule has 0 unspecified atom stereocenters. The fourth-order valence-corrected chi connectivity index (χ4v) is 1.93. The first-order chi connectivity index (χ1) is 7.44. The summed E-state index contributed by atoms with van der Waals surface area (Å²) >= 11 is 0. The highest BCUT2D eigenvalue weighted by atomic mass is 19.1. The van der Waals surface area contributed by atoms with Crippen LogP contribution in [0.15, 0.2) is 18.2 Å². The summed E-state index contributed by atoms with van der Waals surface area (Å²) in [5.41, 5.74) is -1.43. The van der Waals surface area contributed by atoms with Crippen LogP contribution in [0, 0.1) is 11.6 Å². The molecule has 1 N–H and O–H groups in total. The zero-order valence-corrected chi connectivity index (χ0v) is 8.17. The minimum Gasteiger partial charge on any atom is -0.481 e. The van der Waals surface area contributed by atoms with Gasteiger partial charge in [0.05, 0.1) is 0 Å². The molecule has 0 radical (unpaired) electrons. The summed E-state index contributed by atoms with van der Waals surface area (Å²) in [5.74, 6) is -3.12. The number of carbonyl (C=O) groups excluding carboxylic acids is 1. The molecule has 1 fully saturated rings. The molecule has 1 aliphatic carbocycles. The van der Waals surface area contributed by atoms with E-state index in [-0.39, 0.29) is 24.2 Å². The molecule has 0 atom stereocenters. The van der Waals surface area contributed by atoms with Crippen LogP contribution in [0.1, 0.15) is 18.4 Å². The molecule has 0 saturated heterocycles. The van der Waals surface area contributed by atoms with Gasteiger partial charge in [0.25, 0.3) is 0 Å². The van der Waals surface area contributed by atoms with Gasteiger partial charge in [0.15, 0.2) is 0 Å². The average molecular weight is 226 g/mol. The Balaban J connectivity index is 2.48. The summed E-state index contributed by atoms with van der Waals surface area (Å²) in [6, 6.07) is 2.59. The van der Waals surface area contributed by atoms with E-state index < -0.39 is 23.0 Å². The van der Waals surface area contributed by atoms with Gasteiger partial charge in [-0.2, -0.15) is 0 Å². The Hall–Kier alpha value is -1.78. The van der Waals surface area contributed by atoms with Gasteiger partial charge in [0, 0.05) is 18.9 Å². The predicted octanol–water partition coefficient (Wildman–Crippen LogP) is 1.65. The number of benzene rings is 1. The molecular formula is C11H8F2O3. The number of rotatable bonds is 2. The zero-order valence-electron chi connectivity index (χ0n) is 8.17. The molecule has 1 aliphatic rings. The van der Waals surface area contributed by atoms with Gasteiger partial charge in [-0.25, -0.2) is 8.78 Å². The number of halogens is 2. The molecule has 84 valence electrons. The molecule has 1 aromatic rings. The number of carbonyl (C=O) groups is 2. The first-order valence-electron chi connectivity index (χ1n) is 4.66. The van der Waals surface area contributed by atoms with E-state index in [1.165, 1.54) is 0 Å². The van der Waals surface area contributed by atoms with Crippen molar-refractivity contribution in [3.05, 3.63) is 35.4 Å². The third-order valence-electron chi connectivity index (χ3n) is 2.82. The number of carboxylic acid groups (broad SMARTS) is 1. The normalized spacial score (nSPS) is 18.0. The highest BCUT2D eigenvalue weighted by molar-refractivity contribution is 6.01. The van der Waals surface area contributed by atoms with Crippen molar-refractivity contribution in [2.45, 2.75) is 18.3 Å². The quantitative estimate of drug-likeness (QED) is 0.834. The summed E-state index contributed by atoms with van der Waals surface area (Å²) in [4.78, 5) is 22.0. The van der Waals surface area contributed by atoms with Gasteiger partial charge in [-0.1, -0.05) is 0 Å². The summed E-state index contributed by atoms with van der Waals surface area (Å²) < 4.78 is 25.9. The Labute approximate surface area is 89.7 Å². The SMILES string of the molecule is O=C1CC(C(=O)O)(c2cc(F)cc(F)c2)C1. The van der Waals surface area contributed by atoms with Crippen LogP contribution in [0.3, 0.4) is 0 Å². The second kappa shape index (κ2) is 3.37. The number of ketones is 1. The summed E-state index contributed by atoms with van der Waals surface area (Å²) in [6.07, 6.45) is -0.406. The second-order valence-electron chi connectivity index (χ2n) is 3.94. The Bertz CT molecular complexity index is 454. The average Bonchev–Trinajstić information content (AvgIpc) is 2.10. The number of Topliss-reactive ketones (excluding diaryl/α,β-unsaturated/α-hetero) is 1. The van der Waals surface area contributed by atoms with Gasteiger partial charge in [0.2, 0.25) is 0 Å². The Kier molecular flexibility index (Phi) is 2.26. The third kappa shape index (κ3) is 1.48. The molecular weight excluding hydrogens is 218 g/mol. The molecule has 3 nitrogen and oxygen atoms in total. The molecule has 0 spiro atoms. The number of carboxylic acids is 1. The molecule has 5 heteroatoms. The lowest BCUT2D eigenvalue weighted by atomic mass is 9.63. The highest BCUT2D eigenvalue weighted by Gasteiger charge is 2.51. The van der Waals surface area contributed by atoms with Crippen molar-refractivity contribution >= 4 is 11.8 Å². The van der Waals surface area contributed by atoms with Gasteiger partial charge in [-0.05, 0) is 17.7 Å². The fourth-order valence-electron chi connectivity index (χ4n) is 1.93. The smallest absolute Gasteiger partial charge is 0.315 e. The minimum absolute atomic E-state index is 0.0112. The van der Waals surface area contributed by atoms with Crippen LogP contribution in [-0.4, -0.2) is 16.9 Å². The van der Waals surface area contributed by atoms with Gasteiger partial charge in [0.1, 0.15) is 22.8 Å². The van der Waals surface area contributed by atoms with E-state index in [4.69, 9.17) is 5.11 Å². The fraction of sp³-hybridized carbons (Fsp3) is 0.273. The van der Waals surface area contributed by atoms with E-state index in [1.807, 2.05) is 0 Å². The number of hydrogen-bond donors (Lipinski definition) is 1. The molecule has 16 heavy (non-hydrogen) atoms. The lowest BCUT2D eigenvalue weighted by Crippen LogP contribution is -2.48. The van der Waals surface area contributed by atoms with E-state index in [2.05, 4.69) is 0 Å². The van der Waals surface area contributed by atoms with Crippen LogP contribution in [0.2, 0.25) is 0 Å². The van der Waals surface area contributed by atoms with Crippen molar-refractivity contribution in [3.8, 4) is 0 Å². The van der Waals surface area contributed by atoms with Crippen molar-refractivity contribution in [1.29, 1.82) is 0 Å². The molecule has 2 rings (SSSR count). The second-order valence-corrected chi connectivity index (χ2v) is 3.94. The van der Waals surface area contributed by atoms with Crippen molar-refractivity contribution in [3.63, 3.8) is 0 Å². The zero-order chi connectivity index (χ0) is 11.9. The van der Waals surface area contributed by atoms with Crippen LogP contribution in [0.25, 0.3) is 0 Å². The summed E-state index contributed by atoms with van der Waals surface area (Å²) in [5, 5.41) is 9.04. The Morgan fingerprint density at radius 3 is 2.06 bits per heavy atom. The van der Waals surface area contributed by atoms with Gasteiger partial charge >= 0.3 is 5.97 Å². The highest BCUT2D eigenvalue weighted by Crippen LogP contribution is 2.41. The van der Waals surface area contributed by atoms with Gasteiger partial charge < -0.3 is 5.11 Å². The Morgan fingerprint density at radius 1 is 1.19 bits per heavy atom. The topological polar surface area (TPSA) is 54.4 Å².